The number of hydrogen-bond donors (Lipinski definition) is 1. The monoisotopic (exact) mass is 272 g/mol. The number of anilines is 2. The van der Waals surface area contributed by atoms with Crippen molar-refractivity contribution in [3.05, 3.63) is 24.3 Å². The van der Waals surface area contributed by atoms with Gasteiger partial charge in [-0.2, -0.15) is 4.98 Å². The molecule has 0 amide bonds. The molecular formula is C16H24N4. The summed E-state index contributed by atoms with van der Waals surface area (Å²) in [5.41, 5.74) is 1.15. The van der Waals surface area contributed by atoms with Gasteiger partial charge in [0.15, 0.2) is 0 Å². The Labute approximate surface area is 121 Å². The summed E-state index contributed by atoms with van der Waals surface area (Å²) in [6.45, 7) is 8.97. The average molecular weight is 272 g/mol. The van der Waals surface area contributed by atoms with E-state index in [0.29, 0.717) is 12.0 Å². The summed E-state index contributed by atoms with van der Waals surface area (Å²) in [5, 5.41) is 4.13. The van der Waals surface area contributed by atoms with Crippen LogP contribution in [-0.2, 0) is 0 Å². The maximum absolute atomic E-state index is 4.66. The number of fused-ring (bicyclic) bond motifs is 1. The number of rotatable bonds is 3. The standard InChI is InChI=1S/C16H24N4/c1-11(16(2,3)4)20(6)14-12-9-7-8-10-13(12)18-15(17-5)19-14/h7-11H,1-6H3,(H,17,18,19). The number of hydrogen-bond acceptors (Lipinski definition) is 4. The lowest BCUT2D eigenvalue weighted by atomic mass is 9.87. The van der Waals surface area contributed by atoms with Crippen molar-refractivity contribution in [3.8, 4) is 0 Å². The Morgan fingerprint density at radius 1 is 1.15 bits per heavy atom. The lowest BCUT2D eigenvalue weighted by molar-refractivity contribution is 0.329. The molecule has 4 heteroatoms. The Balaban J connectivity index is 2.57. The van der Waals surface area contributed by atoms with E-state index in [-0.39, 0.29) is 5.41 Å². The van der Waals surface area contributed by atoms with Crippen LogP contribution >= 0.6 is 0 Å². The molecule has 0 aliphatic heterocycles. The van der Waals surface area contributed by atoms with Crippen LogP contribution in [0.3, 0.4) is 0 Å². The quantitative estimate of drug-likeness (QED) is 0.928. The van der Waals surface area contributed by atoms with Crippen LogP contribution in [0.4, 0.5) is 11.8 Å². The molecule has 1 atom stereocenters. The minimum Gasteiger partial charge on any atom is -0.357 e. The second-order valence-electron chi connectivity index (χ2n) is 6.29. The molecule has 0 aliphatic rings. The van der Waals surface area contributed by atoms with Gasteiger partial charge in [-0.1, -0.05) is 32.9 Å². The van der Waals surface area contributed by atoms with Gasteiger partial charge in [-0.15, -0.1) is 0 Å². The van der Waals surface area contributed by atoms with E-state index in [1.165, 1.54) is 0 Å². The summed E-state index contributed by atoms with van der Waals surface area (Å²) in [7, 11) is 3.95. The number of nitrogens with one attached hydrogen (secondary N) is 1. The molecule has 0 radical (unpaired) electrons. The van der Waals surface area contributed by atoms with Crippen LogP contribution in [0.1, 0.15) is 27.7 Å². The molecule has 1 unspecified atom stereocenters. The van der Waals surface area contributed by atoms with Crippen molar-refractivity contribution < 1.29 is 0 Å². The molecule has 0 saturated carbocycles. The average Bonchev–Trinajstić information content (AvgIpc) is 2.43. The fourth-order valence-electron chi connectivity index (χ4n) is 2.20. The van der Waals surface area contributed by atoms with Crippen molar-refractivity contribution in [1.82, 2.24) is 9.97 Å². The van der Waals surface area contributed by atoms with E-state index in [1.807, 2.05) is 25.2 Å². The molecule has 20 heavy (non-hydrogen) atoms. The molecular weight excluding hydrogens is 248 g/mol. The summed E-state index contributed by atoms with van der Waals surface area (Å²) in [6, 6.07) is 8.51. The van der Waals surface area contributed by atoms with Crippen molar-refractivity contribution >= 4 is 22.7 Å². The molecule has 1 heterocycles. The number of aromatic nitrogens is 2. The van der Waals surface area contributed by atoms with E-state index in [0.717, 1.165) is 16.7 Å². The molecule has 2 aromatic rings. The van der Waals surface area contributed by atoms with E-state index in [2.05, 4.69) is 61.0 Å². The second kappa shape index (κ2) is 5.27. The maximum atomic E-state index is 4.66. The van der Waals surface area contributed by atoms with Gasteiger partial charge in [0.2, 0.25) is 5.95 Å². The van der Waals surface area contributed by atoms with Crippen LogP contribution in [0.5, 0.6) is 0 Å². The topological polar surface area (TPSA) is 41.1 Å². The van der Waals surface area contributed by atoms with E-state index in [1.54, 1.807) is 0 Å². The van der Waals surface area contributed by atoms with Gasteiger partial charge >= 0.3 is 0 Å². The molecule has 2 rings (SSSR count). The molecule has 0 spiro atoms. The van der Waals surface area contributed by atoms with Crippen molar-refractivity contribution in [2.24, 2.45) is 5.41 Å². The van der Waals surface area contributed by atoms with Gasteiger partial charge in [-0.25, -0.2) is 4.98 Å². The lowest BCUT2D eigenvalue weighted by Gasteiger charge is -2.36. The van der Waals surface area contributed by atoms with Crippen LogP contribution < -0.4 is 10.2 Å². The third kappa shape index (κ3) is 2.69. The van der Waals surface area contributed by atoms with Crippen LogP contribution in [-0.4, -0.2) is 30.1 Å². The highest BCUT2D eigenvalue weighted by Gasteiger charge is 2.26. The third-order valence-corrected chi connectivity index (χ3v) is 3.98. The highest BCUT2D eigenvalue weighted by molar-refractivity contribution is 5.90. The maximum Gasteiger partial charge on any atom is 0.224 e. The first kappa shape index (κ1) is 14.6. The largest absolute Gasteiger partial charge is 0.357 e. The van der Waals surface area contributed by atoms with E-state index < -0.39 is 0 Å². The fourth-order valence-corrected chi connectivity index (χ4v) is 2.20. The van der Waals surface area contributed by atoms with Gasteiger partial charge < -0.3 is 10.2 Å². The van der Waals surface area contributed by atoms with Gasteiger partial charge in [0.1, 0.15) is 5.82 Å². The van der Waals surface area contributed by atoms with E-state index in [4.69, 9.17) is 0 Å². The molecule has 1 aromatic heterocycles. The molecule has 0 fully saturated rings. The fraction of sp³-hybridized carbons (Fsp3) is 0.500. The first-order chi connectivity index (χ1) is 9.34. The van der Waals surface area contributed by atoms with Crippen molar-refractivity contribution in [2.75, 3.05) is 24.3 Å². The molecule has 0 saturated heterocycles. The van der Waals surface area contributed by atoms with Gasteiger partial charge in [-0.3, -0.25) is 0 Å². The van der Waals surface area contributed by atoms with Crippen LogP contribution in [0.25, 0.3) is 10.9 Å². The molecule has 1 N–H and O–H groups in total. The van der Waals surface area contributed by atoms with Crippen LogP contribution in [0.2, 0.25) is 0 Å². The predicted molar refractivity (Wildman–Crippen MR) is 86.4 cm³/mol. The zero-order valence-electron chi connectivity index (χ0n) is 13.2. The number of benzene rings is 1. The van der Waals surface area contributed by atoms with Gasteiger partial charge in [0, 0.05) is 25.5 Å². The Kier molecular flexibility index (Phi) is 3.84. The SMILES string of the molecule is CNc1nc(N(C)C(C)C(C)(C)C)c2ccccc2n1. The molecule has 1 aromatic carbocycles. The zero-order valence-corrected chi connectivity index (χ0v) is 13.2. The number of nitrogens with zero attached hydrogens (tertiary/aromatic N) is 3. The highest BCUT2D eigenvalue weighted by Crippen LogP contribution is 2.31. The van der Waals surface area contributed by atoms with Crippen molar-refractivity contribution in [3.63, 3.8) is 0 Å². The molecule has 108 valence electrons. The first-order valence-corrected chi connectivity index (χ1v) is 7.02. The molecule has 4 nitrogen and oxygen atoms in total. The van der Waals surface area contributed by atoms with Gasteiger partial charge in [-0.05, 0) is 24.5 Å². The highest BCUT2D eigenvalue weighted by atomic mass is 15.2. The minimum absolute atomic E-state index is 0.181. The van der Waals surface area contributed by atoms with Crippen LogP contribution in [0, 0.1) is 5.41 Å². The smallest absolute Gasteiger partial charge is 0.224 e. The van der Waals surface area contributed by atoms with Gasteiger partial charge in [0.25, 0.3) is 0 Å². The molecule has 0 aliphatic carbocycles. The summed E-state index contributed by atoms with van der Waals surface area (Å²) < 4.78 is 0. The summed E-state index contributed by atoms with van der Waals surface area (Å²) >= 11 is 0. The molecule has 0 bridgehead atoms. The lowest BCUT2D eigenvalue weighted by Crippen LogP contribution is -2.40. The normalized spacial score (nSPS) is 13.3. The summed E-state index contributed by atoms with van der Waals surface area (Å²) in [5.74, 6) is 1.63. The van der Waals surface area contributed by atoms with E-state index >= 15 is 0 Å². The Morgan fingerprint density at radius 3 is 2.40 bits per heavy atom. The summed E-state index contributed by atoms with van der Waals surface area (Å²) in [6.07, 6.45) is 0. The zero-order chi connectivity index (χ0) is 14.9. The number of para-hydroxylation sites is 1. The Bertz CT molecular complexity index is 601. The van der Waals surface area contributed by atoms with Crippen molar-refractivity contribution in [1.29, 1.82) is 0 Å². The third-order valence-electron chi connectivity index (χ3n) is 3.98. The van der Waals surface area contributed by atoms with Crippen LogP contribution in [0.15, 0.2) is 24.3 Å². The Hall–Kier alpha value is -1.84. The second-order valence-corrected chi connectivity index (χ2v) is 6.29. The van der Waals surface area contributed by atoms with Crippen molar-refractivity contribution in [2.45, 2.75) is 33.7 Å². The van der Waals surface area contributed by atoms with Gasteiger partial charge in [0.05, 0.1) is 5.52 Å². The Morgan fingerprint density at radius 2 is 1.80 bits per heavy atom. The first-order valence-electron chi connectivity index (χ1n) is 7.02. The van der Waals surface area contributed by atoms with E-state index in [9.17, 15) is 0 Å². The summed E-state index contributed by atoms with van der Waals surface area (Å²) in [4.78, 5) is 11.4. The predicted octanol–water partition coefficient (Wildman–Crippen LogP) is 3.54. The minimum atomic E-state index is 0.181.